The number of carbonyl (C=O) groups excluding carboxylic acids is 3. The van der Waals surface area contributed by atoms with E-state index in [1.54, 1.807) is 30.3 Å². The Kier molecular flexibility index (Phi) is 11.3. The van der Waals surface area contributed by atoms with E-state index in [9.17, 15) is 14.4 Å². The molecular formula is C21H29NO5. The third kappa shape index (κ3) is 9.58. The molecule has 1 aromatic carbocycles. The number of unbranched alkanes of at least 4 members (excludes halogenated alkanes) is 6. The van der Waals surface area contributed by atoms with E-state index in [4.69, 9.17) is 4.84 Å². The van der Waals surface area contributed by atoms with Crippen LogP contribution in [0, 0.1) is 0 Å². The molecule has 0 fully saturated rings. The third-order valence-corrected chi connectivity index (χ3v) is 3.98. The molecule has 0 heterocycles. The number of hydrogen-bond donors (Lipinski definition) is 0. The van der Waals surface area contributed by atoms with Crippen LogP contribution in [-0.2, 0) is 19.2 Å². The summed E-state index contributed by atoms with van der Waals surface area (Å²) in [6.45, 7) is 2.45. The Labute approximate surface area is 161 Å². The zero-order chi connectivity index (χ0) is 19.9. The number of esters is 1. The molecule has 0 atom stereocenters. The number of amides is 1. The summed E-state index contributed by atoms with van der Waals surface area (Å²) in [7, 11) is 1.23. The van der Waals surface area contributed by atoms with Gasteiger partial charge in [0.25, 0.3) is 5.91 Å². The van der Waals surface area contributed by atoms with Gasteiger partial charge in [-0.05, 0) is 18.6 Å². The van der Waals surface area contributed by atoms with Gasteiger partial charge >= 0.3 is 11.9 Å². The second-order valence-corrected chi connectivity index (χ2v) is 6.16. The number of hydrogen-bond acceptors (Lipinski definition) is 5. The smallest absolute Gasteiger partial charge is 0.363 e. The van der Waals surface area contributed by atoms with Crippen LogP contribution in [0.4, 0.5) is 0 Å². The number of rotatable bonds is 11. The normalized spacial score (nSPS) is 10.6. The molecule has 0 saturated carbocycles. The van der Waals surface area contributed by atoms with E-state index in [-0.39, 0.29) is 6.54 Å². The number of methoxy groups -OCH3 is 1. The van der Waals surface area contributed by atoms with Crippen LogP contribution in [0.15, 0.2) is 42.5 Å². The molecule has 0 spiro atoms. The molecule has 0 bridgehead atoms. The highest BCUT2D eigenvalue weighted by atomic mass is 16.7. The quantitative estimate of drug-likeness (QED) is 0.252. The first-order valence-electron chi connectivity index (χ1n) is 9.43. The molecule has 0 N–H and O–H groups in total. The van der Waals surface area contributed by atoms with E-state index in [0.717, 1.165) is 36.5 Å². The van der Waals surface area contributed by atoms with Crippen molar-refractivity contribution in [3.63, 3.8) is 0 Å². The van der Waals surface area contributed by atoms with Gasteiger partial charge in [0.1, 0.15) is 0 Å². The Bertz CT molecular complexity index is 612. The maximum Gasteiger partial charge on any atom is 0.363 e. The van der Waals surface area contributed by atoms with Crippen molar-refractivity contribution in [3.8, 4) is 0 Å². The third-order valence-electron chi connectivity index (χ3n) is 3.98. The molecule has 27 heavy (non-hydrogen) atoms. The highest BCUT2D eigenvalue weighted by Crippen LogP contribution is 2.10. The monoisotopic (exact) mass is 375 g/mol. The van der Waals surface area contributed by atoms with Crippen molar-refractivity contribution in [1.82, 2.24) is 5.06 Å². The fourth-order valence-corrected chi connectivity index (χ4v) is 2.43. The van der Waals surface area contributed by atoms with Crippen molar-refractivity contribution in [2.24, 2.45) is 0 Å². The number of nitrogens with zero attached hydrogens (tertiary/aromatic N) is 1. The lowest BCUT2D eigenvalue weighted by atomic mass is 10.1. The van der Waals surface area contributed by atoms with Gasteiger partial charge in [0, 0.05) is 12.2 Å². The van der Waals surface area contributed by atoms with E-state index in [1.807, 2.05) is 0 Å². The first-order chi connectivity index (χ1) is 13.1. The van der Waals surface area contributed by atoms with Crippen LogP contribution in [0.1, 0.15) is 62.2 Å². The van der Waals surface area contributed by atoms with Crippen molar-refractivity contribution in [2.45, 2.75) is 51.9 Å². The van der Waals surface area contributed by atoms with Crippen LogP contribution in [0.5, 0.6) is 0 Å². The molecule has 0 aliphatic carbocycles. The van der Waals surface area contributed by atoms with E-state index >= 15 is 0 Å². The van der Waals surface area contributed by atoms with Crippen LogP contribution < -0.4 is 0 Å². The molecule has 148 valence electrons. The first kappa shape index (κ1) is 22.4. The van der Waals surface area contributed by atoms with Gasteiger partial charge in [-0.2, -0.15) is 5.06 Å². The van der Waals surface area contributed by atoms with Crippen LogP contribution in [-0.4, -0.2) is 36.6 Å². The molecule has 0 unspecified atom stereocenters. The summed E-state index contributed by atoms with van der Waals surface area (Å²) in [6.07, 6.45) is 9.59. The molecule has 1 aromatic rings. The molecule has 0 saturated heterocycles. The lowest BCUT2D eigenvalue weighted by molar-refractivity contribution is -0.162. The fraction of sp³-hybridized carbons (Fsp3) is 0.476. The molecule has 0 aromatic heterocycles. The average molecular weight is 375 g/mol. The Morgan fingerprint density at radius 1 is 0.926 bits per heavy atom. The summed E-state index contributed by atoms with van der Waals surface area (Å²) in [6, 6.07) is 8.45. The van der Waals surface area contributed by atoms with Gasteiger partial charge in [0.05, 0.1) is 19.2 Å². The summed E-state index contributed by atoms with van der Waals surface area (Å²) < 4.78 is 4.47. The molecular weight excluding hydrogens is 346 g/mol. The lowest BCUT2D eigenvalue weighted by Crippen LogP contribution is -2.33. The maximum atomic E-state index is 12.3. The molecule has 1 amide bonds. The van der Waals surface area contributed by atoms with Gasteiger partial charge in [0.15, 0.2) is 0 Å². The molecule has 6 nitrogen and oxygen atoms in total. The molecule has 6 heteroatoms. The van der Waals surface area contributed by atoms with Crippen molar-refractivity contribution in [3.05, 3.63) is 48.0 Å². The summed E-state index contributed by atoms with van der Waals surface area (Å²) in [4.78, 5) is 41.0. The summed E-state index contributed by atoms with van der Waals surface area (Å²) in [5.74, 6) is -1.83. The largest absolute Gasteiger partial charge is 0.466 e. The fourth-order valence-electron chi connectivity index (χ4n) is 2.43. The topological polar surface area (TPSA) is 72.9 Å². The minimum atomic E-state index is -0.645. The number of ether oxygens (including phenoxy) is 1. The van der Waals surface area contributed by atoms with E-state index in [1.165, 1.54) is 26.4 Å². The summed E-state index contributed by atoms with van der Waals surface area (Å²) >= 11 is 0. The van der Waals surface area contributed by atoms with E-state index in [0.29, 0.717) is 12.0 Å². The summed E-state index contributed by atoms with van der Waals surface area (Å²) in [5.41, 5.74) is 0.354. The highest BCUT2D eigenvalue weighted by molar-refractivity contribution is 5.95. The predicted molar refractivity (Wildman–Crippen MR) is 103 cm³/mol. The van der Waals surface area contributed by atoms with Gasteiger partial charge in [-0.15, -0.1) is 0 Å². The molecule has 0 aliphatic rings. The standard InChI is InChI=1S/C21H29NO5/c1-3-4-5-6-7-8-12-17-22(19(23)15-16-20(24)26-2)27-21(25)18-13-10-9-11-14-18/h9-11,13-16H,3-8,12,17H2,1-2H3/b16-15+. The first-order valence-corrected chi connectivity index (χ1v) is 9.43. The van der Waals surface area contributed by atoms with Crippen LogP contribution in [0.3, 0.4) is 0 Å². The van der Waals surface area contributed by atoms with Crippen molar-refractivity contribution in [2.75, 3.05) is 13.7 Å². The van der Waals surface area contributed by atoms with Gasteiger partial charge in [-0.3, -0.25) is 4.79 Å². The SMILES string of the molecule is CCCCCCCCCN(OC(=O)c1ccccc1)C(=O)/C=C/C(=O)OC. The Morgan fingerprint density at radius 2 is 1.56 bits per heavy atom. The lowest BCUT2D eigenvalue weighted by Gasteiger charge is -2.19. The van der Waals surface area contributed by atoms with E-state index < -0.39 is 17.8 Å². The van der Waals surface area contributed by atoms with Gasteiger partial charge in [-0.1, -0.05) is 63.6 Å². The van der Waals surface area contributed by atoms with E-state index in [2.05, 4.69) is 11.7 Å². The van der Waals surface area contributed by atoms with Gasteiger partial charge in [-0.25, -0.2) is 9.59 Å². The van der Waals surface area contributed by atoms with Crippen molar-refractivity contribution < 1.29 is 24.0 Å². The Hall–Kier alpha value is -2.63. The van der Waals surface area contributed by atoms with Crippen molar-refractivity contribution in [1.29, 1.82) is 0 Å². The number of benzene rings is 1. The van der Waals surface area contributed by atoms with Gasteiger partial charge < -0.3 is 9.57 Å². The predicted octanol–water partition coefficient (Wildman–Crippen LogP) is 4.07. The van der Waals surface area contributed by atoms with Gasteiger partial charge in [0.2, 0.25) is 0 Å². The second kappa shape index (κ2) is 13.6. The second-order valence-electron chi connectivity index (χ2n) is 6.16. The maximum absolute atomic E-state index is 12.3. The van der Waals surface area contributed by atoms with Crippen LogP contribution >= 0.6 is 0 Å². The zero-order valence-corrected chi connectivity index (χ0v) is 16.2. The Balaban J connectivity index is 2.60. The average Bonchev–Trinajstić information content (AvgIpc) is 2.70. The highest BCUT2D eigenvalue weighted by Gasteiger charge is 2.18. The number of carbonyl (C=O) groups is 3. The zero-order valence-electron chi connectivity index (χ0n) is 16.2. The summed E-state index contributed by atoms with van der Waals surface area (Å²) in [5, 5.41) is 1.00. The minimum Gasteiger partial charge on any atom is -0.466 e. The molecule has 0 radical (unpaired) electrons. The Morgan fingerprint density at radius 3 is 2.19 bits per heavy atom. The number of hydroxylamine groups is 2. The van der Waals surface area contributed by atoms with Crippen LogP contribution in [0.25, 0.3) is 0 Å². The molecule has 0 aliphatic heterocycles. The van der Waals surface area contributed by atoms with Crippen molar-refractivity contribution >= 4 is 17.8 Å². The van der Waals surface area contributed by atoms with Crippen LogP contribution in [0.2, 0.25) is 0 Å². The molecule has 1 rings (SSSR count). The minimum absolute atomic E-state index is 0.275.